The Labute approximate surface area is 95.6 Å². The van der Waals surface area contributed by atoms with Crippen LogP contribution in [0.2, 0.25) is 0 Å². The van der Waals surface area contributed by atoms with Crippen molar-refractivity contribution in [1.29, 1.82) is 0 Å². The molecule has 1 nitrogen and oxygen atoms in total. The molecule has 1 saturated carbocycles. The number of fused-ring (bicyclic) bond motifs is 2. The zero-order valence-corrected chi connectivity index (χ0v) is 9.72. The predicted molar refractivity (Wildman–Crippen MR) is 66.5 cm³/mol. The summed E-state index contributed by atoms with van der Waals surface area (Å²) in [6, 6.07) is 9.47. The number of rotatable bonds is 0. The Morgan fingerprint density at radius 1 is 1.13 bits per heavy atom. The molecule has 0 radical (unpaired) electrons. The highest BCUT2D eigenvalue weighted by atomic mass is 32.2. The molecule has 1 aromatic rings. The lowest BCUT2D eigenvalue weighted by molar-refractivity contribution is 0.356. The van der Waals surface area contributed by atoms with Gasteiger partial charge in [0.15, 0.2) is 0 Å². The second-order valence-electron chi connectivity index (χ2n) is 4.60. The van der Waals surface area contributed by atoms with Gasteiger partial charge < -0.3 is 5.32 Å². The standard InChI is InChI=1S/C13H17NS/c1-2-6-11-10(5-1)9-15-13-8-4-3-7-12(13)14-11/h3-4,7-8,10-11,14H,1-2,5-6,9H2/t10-,11-/m1/s1. The highest BCUT2D eigenvalue weighted by Gasteiger charge is 2.27. The molecular formula is C13H17NS. The second-order valence-corrected chi connectivity index (χ2v) is 5.66. The number of benzene rings is 1. The summed E-state index contributed by atoms with van der Waals surface area (Å²) < 4.78 is 0. The van der Waals surface area contributed by atoms with Crippen LogP contribution < -0.4 is 5.32 Å². The summed E-state index contributed by atoms with van der Waals surface area (Å²) >= 11 is 2.03. The summed E-state index contributed by atoms with van der Waals surface area (Å²) in [4.78, 5) is 1.44. The molecule has 80 valence electrons. The summed E-state index contributed by atoms with van der Waals surface area (Å²) in [6.07, 6.45) is 5.61. The molecule has 3 rings (SSSR count). The van der Waals surface area contributed by atoms with E-state index in [2.05, 4.69) is 29.6 Å². The van der Waals surface area contributed by atoms with Crippen LogP contribution in [0.5, 0.6) is 0 Å². The van der Waals surface area contributed by atoms with E-state index >= 15 is 0 Å². The van der Waals surface area contributed by atoms with Gasteiger partial charge in [0.25, 0.3) is 0 Å². The van der Waals surface area contributed by atoms with Crippen LogP contribution >= 0.6 is 11.8 Å². The van der Waals surface area contributed by atoms with Crippen molar-refractivity contribution in [3.63, 3.8) is 0 Å². The van der Waals surface area contributed by atoms with E-state index in [0.29, 0.717) is 0 Å². The van der Waals surface area contributed by atoms with Crippen molar-refractivity contribution < 1.29 is 0 Å². The van der Waals surface area contributed by atoms with Crippen molar-refractivity contribution in [2.45, 2.75) is 36.6 Å². The van der Waals surface area contributed by atoms with Crippen LogP contribution in [0.1, 0.15) is 25.7 Å². The smallest absolute Gasteiger partial charge is 0.0480 e. The second kappa shape index (κ2) is 4.09. The Morgan fingerprint density at radius 3 is 3.00 bits per heavy atom. The average molecular weight is 219 g/mol. The van der Waals surface area contributed by atoms with Gasteiger partial charge in [-0.2, -0.15) is 0 Å². The lowest BCUT2D eigenvalue weighted by Gasteiger charge is -2.30. The molecule has 0 aromatic heterocycles. The first-order valence-electron chi connectivity index (χ1n) is 5.92. The largest absolute Gasteiger partial charge is 0.381 e. The molecule has 0 bridgehead atoms. The number of thioether (sulfide) groups is 1. The van der Waals surface area contributed by atoms with E-state index < -0.39 is 0 Å². The minimum Gasteiger partial charge on any atom is -0.381 e. The van der Waals surface area contributed by atoms with Gasteiger partial charge in [-0.15, -0.1) is 11.8 Å². The van der Waals surface area contributed by atoms with Crippen LogP contribution in [-0.4, -0.2) is 11.8 Å². The van der Waals surface area contributed by atoms with Crippen molar-refractivity contribution in [1.82, 2.24) is 0 Å². The average Bonchev–Trinajstić information content (AvgIpc) is 2.48. The maximum atomic E-state index is 3.74. The Morgan fingerprint density at radius 2 is 2.00 bits per heavy atom. The van der Waals surface area contributed by atoms with Crippen molar-refractivity contribution in [3.8, 4) is 0 Å². The fourth-order valence-corrected chi connectivity index (χ4v) is 3.96. The molecule has 2 atom stereocenters. The molecule has 1 N–H and O–H groups in total. The normalized spacial score (nSPS) is 29.6. The molecule has 0 saturated heterocycles. The lowest BCUT2D eigenvalue weighted by atomic mass is 9.85. The van der Waals surface area contributed by atoms with Crippen molar-refractivity contribution in [2.75, 3.05) is 11.1 Å². The van der Waals surface area contributed by atoms with Crippen LogP contribution in [0.3, 0.4) is 0 Å². The monoisotopic (exact) mass is 219 g/mol. The van der Waals surface area contributed by atoms with Gasteiger partial charge in [-0.1, -0.05) is 25.0 Å². The van der Waals surface area contributed by atoms with E-state index in [1.807, 2.05) is 11.8 Å². The first kappa shape index (κ1) is 9.59. The van der Waals surface area contributed by atoms with Crippen LogP contribution in [0, 0.1) is 5.92 Å². The van der Waals surface area contributed by atoms with Crippen molar-refractivity contribution in [2.24, 2.45) is 5.92 Å². The molecule has 2 heteroatoms. The van der Waals surface area contributed by atoms with E-state index in [0.717, 1.165) is 12.0 Å². The maximum Gasteiger partial charge on any atom is 0.0480 e. The number of hydrogen-bond donors (Lipinski definition) is 1. The van der Waals surface area contributed by atoms with Crippen LogP contribution in [0.25, 0.3) is 0 Å². The van der Waals surface area contributed by atoms with E-state index in [1.54, 1.807) is 0 Å². The molecule has 15 heavy (non-hydrogen) atoms. The summed E-state index contributed by atoms with van der Waals surface area (Å²) in [5, 5.41) is 3.74. The fraction of sp³-hybridized carbons (Fsp3) is 0.538. The van der Waals surface area contributed by atoms with Gasteiger partial charge in [-0.3, -0.25) is 0 Å². The van der Waals surface area contributed by atoms with E-state index in [-0.39, 0.29) is 0 Å². The van der Waals surface area contributed by atoms with E-state index in [4.69, 9.17) is 0 Å². The Bertz CT molecular complexity index is 350. The quantitative estimate of drug-likeness (QED) is 0.713. The summed E-state index contributed by atoms with van der Waals surface area (Å²) in [5.74, 6) is 2.19. The maximum absolute atomic E-state index is 3.74. The third-order valence-electron chi connectivity index (χ3n) is 3.59. The van der Waals surface area contributed by atoms with Crippen LogP contribution in [-0.2, 0) is 0 Å². The minimum atomic E-state index is 0.731. The van der Waals surface area contributed by atoms with Crippen molar-refractivity contribution >= 4 is 17.4 Å². The van der Waals surface area contributed by atoms with Crippen LogP contribution in [0.4, 0.5) is 5.69 Å². The zero-order chi connectivity index (χ0) is 10.1. The van der Waals surface area contributed by atoms with Gasteiger partial charge in [0.1, 0.15) is 0 Å². The molecular weight excluding hydrogens is 202 g/mol. The summed E-state index contributed by atoms with van der Waals surface area (Å²) in [7, 11) is 0. The van der Waals surface area contributed by atoms with Crippen LogP contribution in [0.15, 0.2) is 29.2 Å². The molecule has 1 aliphatic carbocycles. The van der Waals surface area contributed by atoms with Gasteiger partial charge >= 0.3 is 0 Å². The zero-order valence-electron chi connectivity index (χ0n) is 8.91. The Hall–Kier alpha value is -0.630. The van der Waals surface area contributed by atoms with Gasteiger partial charge in [0.2, 0.25) is 0 Å². The van der Waals surface area contributed by atoms with E-state index in [9.17, 15) is 0 Å². The third-order valence-corrected chi connectivity index (χ3v) is 4.85. The van der Waals surface area contributed by atoms with Gasteiger partial charge in [-0.25, -0.2) is 0 Å². The first-order chi connectivity index (χ1) is 7.43. The number of para-hydroxylation sites is 1. The topological polar surface area (TPSA) is 12.0 Å². The molecule has 0 spiro atoms. The Kier molecular flexibility index (Phi) is 2.61. The van der Waals surface area contributed by atoms with Gasteiger partial charge in [-0.05, 0) is 30.9 Å². The highest BCUT2D eigenvalue weighted by molar-refractivity contribution is 7.99. The lowest BCUT2D eigenvalue weighted by Crippen LogP contribution is -2.32. The molecule has 1 fully saturated rings. The highest BCUT2D eigenvalue weighted by Crippen LogP contribution is 2.38. The molecule has 0 amide bonds. The predicted octanol–water partition coefficient (Wildman–Crippen LogP) is 3.76. The number of nitrogens with one attached hydrogen (secondary N) is 1. The van der Waals surface area contributed by atoms with E-state index in [1.165, 1.54) is 42.0 Å². The summed E-state index contributed by atoms with van der Waals surface area (Å²) in [5.41, 5.74) is 1.36. The first-order valence-corrected chi connectivity index (χ1v) is 6.90. The number of anilines is 1. The molecule has 1 aromatic carbocycles. The van der Waals surface area contributed by atoms with Gasteiger partial charge in [0.05, 0.1) is 0 Å². The number of hydrogen-bond acceptors (Lipinski definition) is 2. The summed E-state index contributed by atoms with van der Waals surface area (Å²) in [6.45, 7) is 0. The molecule has 1 aliphatic heterocycles. The van der Waals surface area contributed by atoms with Crippen molar-refractivity contribution in [3.05, 3.63) is 24.3 Å². The molecule has 1 heterocycles. The minimum absolute atomic E-state index is 0.731. The van der Waals surface area contributed by atoms with Gasteiger partial charge in [0, 0.05) is 22.4 Å². The third kappa shape index (κ3) is 1.87. The SMILES string of the molecule is c1ccc2c(c1)N[C@@H]1CCCC[C@@H]1CS2. The molecule has 2 aliphatic rings. The fourth-order valence-electron chi connectivity index (χ4n) is 2.71. The Balaban J connectivity index is 1.88. The molecule has 0 unspecified atom stereocenters.